The van der Waals surface area contributed by atoms with E-state index in [1.165, 1.54) is 4.90 Å². The summed E-state index contributed by atoms with van der Waals surface area (Å²) in [5.74, 6) is -0.208. The summed E-state index contributed by atoms with van der Waals surface area (Å²) in [6.45, 7) is 2.44. The minimum absolute atomic E-state index is 0.208. The van der Waals surface area contributed by atoms with Gasteiger partial charge in [-0.2, -0.15) is 0 Å². The van der Waals surface area contributed by atoms with Crippen molar-refractivity contribution in [3.8, 4) is 0 Å². The van der Waals surface area contributed by atoms with Gasteiger partial charge in [-0.3, -0.25) is 4.79 Å². The zero-order valence-corrected chi connectivity index (χ0v) is 8.06. The highest BCUT2D eigenvalue weighted by atomic mass is 16.3. The number of aliphatic hydroxyl groups excluding tert-OH is 1. The highest BCUT2D eigenvalue weighted by Gasteiger charge is 2.27. The van der Waals surface area contributed by atoms with Gasteiger partial charge >= 0.3 is 6.03 Å². The third kappa shape index (κ3) is 2.59. The molecular weight excluding hydrogens is 186 g/mol. The van der Waals surface area contributed by atoms with Gasteiger partial charge in [0.15, 0.2) is 0 Å². The van der Waals surface area contributed by atoms with E-state index in [0.717, 1.165) is 0 Å². The number of hydrogen-bond acceptors (Lipinski definition) is 3. The largest absolute Gasteiger partial charge is 0.391 e. The number of primary amides is 1. The SMILES string of the molecule is CC(NC(N)=O)C(=O)N1CC[C@H](O)C1. The van der Waals surface area contributed by atoms with Gasteiger partial charge in [0, 0.05) is 13.1 Å². The molecule has 0 radical (unpaired) electrons. The van der Waals surface area contributed by atoms with Crippen molar-refractivity contribution in [3.63, 3.8) is 0 Å². The molecule has 4 N–H and O–H groups in total. The molecule has 2 atom stereocenters. The van der Waals surface area contributed by atoms with E-state index in [-0.39, 0.29) is 5.91 Å². The molecule has 1 aliphatic rings. The molecule has 1 aliphatic heterocycles. The second-order valence-electron chi connectivity index (χ2n) is 3.46. The van der Waals surface area contributed by atoms with Crippen LogP contribution >= 0.6 is 0 Å². The van der Waals surface area contributed by atoms with Gasteiger partial charge in [0.25, 0.3) is 0 Å². The van der Waals surface area contributed by atoms with Crippen LogP contribution in [0.3, 0.4) is 0 Å². The summed E-state index contributed by atoms with van der Waals surface area (Å²) in [5, 5.41) is 11.5. The van der Waals surface area contributed by atoms with Crippen molar-refractivity contribution in [2.75, 3.05) is 13.1 Å². The van der Waals surface area contributed by atoms with Crippen molar-refractivity contribution in [1.29, 1.82) is 0 Å². The van der Waals surface area contributed by atoms with Crippen molar-refractivity contribution in [2.24, 2.45) is 5.73 Å². The van der Waals surface area contributed by atoms with Crippen LogP contribution < -0.4 is 11.1 Å². The fourth-order valence-electron chi connectivity index (χ4n) is 1.49. The van der Waals surface area contributed by atoms with Crippen LogP contribution in [0.1, 0.15) is 13.3 Å². The van der Waals surface area contributed by atoms with Crippen molar-refractivity contribution in [2.45, 2.75) is 25.5 Å². The second-order valence-corrected chi connectivity index (χ2v) is 3.46. The summed E-state index contributed by atoms with van der Waals surface area (Å²) in [5.41, 5.74) is 4.89. The van der Waals surface area contributed by atoms with Crippen LogP contribution in [0.15, 0.2) is 0 Å². The van der Waals surface area contributed by atoms with Gasteiger partial charge in [-0.25, -0.2) is 4.79 Å². The zero-order valence-electron chi connectivity index (χ0n) is 8.06. The predicted molar refractivity (Wildman–Crippen MR) is 49.4 cm³/mol. The van der Waals surface area contributed by atoms with Crippen molar-refractivity contribution in [3.05, 3.63) is 0 Å². The molecule has 3 amide bonds. The van der Waals surface area contributed by atoms with E-state index >= 15 is 0 Å². The number of carbonyl (C=O) groups excluding carboxylic acids is 2. The Morgan fingerprint density at radius 2 is 2.29 bits per heavy atom. The van der Waals surface area contributed by atoms with Crippen LogP contribution in [0.25, 0.3) is 0 Å². The second kappa shape index (κ2) is 4.28. The lowest BCUT2D eigenvalue weighted by Gasteiger charge is -2.20. The molecule has 1 unspecified atom stereocenters. The Labute approximate surface area is 82.1 Å². The highest BCUT2D eigenvalue weighted by molar-refractivity contribution is 5.86. The van der Waals surface area contributed by atoms with Crippen LogP contribution in [0.2, 0.25) is 0 Å². The number of carbonyl (C=O) groups is 2. The van der Waals surface area contributed by atoms with Crippen molar-refractivity contribution < 1.29 is 14.7 Å². The number of nitrogens with zero attached hydrogens (tertiary/aromatic N) is 1. The first kappa shape index (κ1) is 10.8. The summed E-state index contributed by atoms with van der Waals surface area (Å²) < 4.78 is 0. The van der Waals surface area contributed by atoms with E-state index in [9.17, 15) is 14.7 Å². The molecule has 0 aliphatic carbocycles. The Morgan fingerprint density at radius 3 is 2.71 bits per heavy atom. The summed E-state index contributed by atoms with van der Waals surface area (Å²) in [7, 11) is 0. The first-order valence-corrected chi connectivity index (χ1v) is 4.53. The van der Waals surface area contributed by atoms with Crippen LogP contribution in [0.4, 0.5) is 4.79 Å². The minimum Gasteiger partial charge on any atom is -0.391 e. The first-order chi connectivity index (χ1) is 6.50. The molecule has 14 heavy (non-hydrogen) atoms. The zero-order chi connectivity index (χ0) is 10.7. The minimum atomic E-state index is -0.717. The molecule has 1 rings (SSSR count). The molecule has 0 bridgehead atoms. The molecule has 0 aromatic carbocycles. The van der Waals surface area contributed by atoms with E-state index in [1.807, 2.05) is 0 Å². The topological polar surface area (TPSA) is 95.7 Å². The summed E-state index contributed by atoms with van der Waals surface area (Å²) in [4.78, 5) is 23.6. The third-order valence-corrected chi connectivity index (χ3v) is 2.20. The molecule has 0 saturated carbocycles. The van der Waals surface area contributed by atoms with Gasteiger partial charge in [-0.05, 0) is 13.3 Å². The fraction of sp³-hybridized carbons (Fsp3) is 0.750. The van der Waals surface area contributed by atoms with Crippen molar-refractivity contribution in [1.82, 2.24) is 10.2 Å². The van der Waals surface area contributed by atoms with Crippen LogP contribution in [0.5, 0.6) is 0 Å². The van der Waals surface area contributed by atoms with Gasteiger partial charge < -0.3 is 21.1 Å². The van der Waals surface area contributed by atoms with Gasteiger partial charge in [0.2, 0.25) is 5.91 Å². The highest BCUT2D eigenvalue weighted by Crippen LogP contribution is 2.09. The van der Waals surface area contributed by atoms with Gasteiger partial charge in [0.1, 0.15) is 6.04 Å². The van der Waals surface area contributed by atoms with Gasteiger partial charge in [0.05, 0.1) is 6.10 Å². The number of likely N-dealkylation sites (tertiary alicyclic amines) is 1. The lowest BCUT2D eigenvalue weighted by molar-refractivity contribution is -0.132. The van der Waals surface area contributed by atoms with E-state index < -0.39 is 18.2 Å². The number of amides is 3. The predicted octanol–water partition coefficient (Wildman–Crippen LogP) is -1.36. The van der Waals surface area contributed by atoms with E-state index in [0.29, 0.717) is 19.5 Å². The molecule has 1 heterocycles. The molecule has 0 spiro atoms. The summed E-state index contributed by atoms with van der Waals surface area (Å²) in [6.07, 6.45) is 0.148. The molecule has 80 valence electrons. The van der Waals surface area contributed by atoms with Gasteiger partial charge in [-0.1, -0.05) is 0 Å². The maximum atomic E-state index is 11.6. The summed E-state index contributed by atoms with van der Waals surface area (Å²) >= 11 is 0. The van der Waals surface area contributed by atoms with Gasteiger partial charge in [-0.15, -0.1) is 0 Å². The fourth-order valence-corrected chi connectivity index (χ4v) is 1.49. The normalized spacial score (nSPS) is 23.3. The first-order valence-electron chi connectivity index (χ1n) is 4.53. The maximum absolute atomic E-state index is 11.6. The van der Waals surface area contributed by atoms with Crippen LogP contribution in [0, 0.1) is 0 Å². The molecular formula is C8H15N3O3. The Morgan fingerprint density at radius 1 is 1.64 bits per heavy atom. The average molecular weight is 201 g/mol. The van der Waals surface area contributed by atoms with E-state index in [2.05, 4.69) is 5.32 Å². The smallest absolute Gasteiger partial charge is 0.312 e. The number of rotatable bonds is 2. The Kier molecular flexibility index (Phi) is 3.29. The maximum Gasteiger partial charge on any atom is 0.312 e. The molecule has 0 aromatic heterocycles. The molecule has 1 fully saturated rings. The Bertz CT molecular complexity index is 244. The molecule has 1 saturated heterocycles. The van der Waals surface area contributed by atoms with E-state index in [4.69, 9.17) is 5.73 Å². The van der Waals surface area contributed by atoms with E-state index in [1.54, 1.807) is 6.92 Å². The van der Waals surface area contributed by atoms with Crippen molar-refractivity contribution >= 4 is 11.9 Å². The Hall–Kier alpha value is -1.30. The number of nitrogens with two attached hydrogens (primary N) is 1. The lowest BCUT2D eigenvalue weighted by Crippen LogP contribution is -2.48. The number of β-amino-alcohol motifs (C(OH)–C–C–N with tert-alkyl or cyclic N) is 1. The number of hydrogen-bond donors (Lipinski definition) is 3. The average Bonchev–Trinajstić information content (AvgIpc) is 2.49. The van der Waals surface area contributed by atoms with Crippen LogP contribution in [-0.4, -0.2) is 47.2 Å². The number of urea groups is 1. The lowest BCUT2D eigenvalue weighted by atomic mass is 10.3. The number of aliphatic hydroxyl groups is 1. The summed E-state index contributed by atoms with van der Waals surface area (Å²) in [6, 6.07) is -1.34. The number of nitrogens with one attached hydrogen (secondary N) is 1. The molecule has 6 heteroatoms. The third-order valence-electron chi connectivity index (χ3n) is 2.20. The quantitative estimate of drug-likeness (QED) is 0.514. The Balaban J connectivity index is 2.44. The standard InChI is InChI=1S/C8H15N3O3/c1-5(10-8(9)14)7(13)11-3-2-6(12)4-11/h5-6,12H,2-4H2,1H3,(H3,9,10,14)/t5?,6-/m0/s1. The monoisotopic (exact) mass is 201 g/mol. The molecule has 0 aromatic rings. The van der Waals surface area contributed by atoms with Crippen LogP contribution in [-0.2, 0) is 4.79 Å². The molecule has 6 nitrogen and oxygen atoms in total.